The zero-order valence-electron chi connectivity index (χ0n) is 9.48. The van der Waals surface area contributed by atoms with Crippen LogP contribution < -0.4 is 0 Å². The first-order valence-corrected chi connectivity index (χ1v) is 6.26. The summed E-state index contributed by atoms with van der Waals surface area (Å²) in [6.45, 7) is 1.36. The molecule has 0 amide bonds. The number of rotatable bonds is 1. The topological polar surface area (TPSA) is 35.5 Å². The lowest BCUT2D eigenvalue weighted by Crippen LogP contribution is -2.42. The Labute approximate surface area is 95.8 Å². The van der Waals surface area contributed by atoms with E-state index in [2.05, 4.69) is 12.2 Å². The number of carbonyl (C=O) groups is 1. The van der Waals surface area contributed by atoms with Crippen molar-refractivity contribution in [1.29, 1.82) is 0 Å². The molecular weight excluding hydrogens is 204 g/mol. The summed E-state index contributed by atoms with van der Waals surface area (Å²) in [7, 11) is 0. The fraction of sp³-hybridized carbons (Fsp3) is 0.769. The molecule has 3 nitrogen and oxygen atoms in total. The molecule has 1 saturated heterocycles. The van der Waals surface area contributed by atoms with Crippen LogP contribution in [0, 0.1) is 11.8 Å². The monoisotopic (exact) mass is 222 g/mol. The Morgan fingerprint density at radius 1 is 1.31 bits per heavy atom. The van der Waals surface area contributed by atoms with Crippen molar-refractivity contribution in [3.8, 4) is 0 Å². The van der Waals surface area contributed by atoms with Crippen molar-refractivity contribution in [1.82, 2.24) is 0 Å². The zero-order valence-corrected chi connectivity index (χ0v) is 9.48. The molecular formula is C13H18O3. The molecule has 88 valence electrons. The van der Waals surface area contributed by atoms with Crippen LogP contribution in [-0.4, -0.2) is 24.8 Å². The molecule has 1 aliphatic heterocycles. The summed E-state index contributed by atoms with van der Waals surface area (Å²) in [6.07, 6.45) is 8.76. The SMILES string of the molecule is O=C1CCC2(CC1C1C=CCC1)OCCO2. The Morgan fingerprint density at radius 2 is 2.12 bits per heavy atom. The van der Waals surface area contributed by atoms with Gasteiger partial charge in [0.15, 0.2) is 5.79 Å². The smallest absolute Gasteiger partial charge is 0.169 e. The Balaban J connectivity index is 1.75. The van der Waals surface area contributed by atoms with Gasteiger partial charge in [0.05, 0.1) is 13.2 Å². The molecule has 3 aliphatic rings. The van der Waals surface area contributed by atoms with Crippen LogP contribution in [0.15, 0.2) is 12.2 Å². The average Bonchev–Trinajstić information content (AvgIpc) is 2.94. The van der Waals surface area contributed by atoms with Gasteiger partial charge in [-0.15, -0.1) is 0 Å². The van der Waals surface area contributed by atoms with E-state index in [1.54, 1.807) is 0 Å². The van der Waals surface area contributed by atoms with E-state index >= 15 is 0 Å². The number of hydrogen-bond acceptors (Lipinski definition) is 3. The lowest BCUT2D eigenvalue weighted by atomic mass is 9.76. The van der Waals surface area contributed by atoms with Gasteiger partial charge in [0, 0.05) is 25.2 Å². The number of ketones is 1. The molecule has 0 aromatic rings. The maximum atomic E-state index is 12.0. The molecule has 0 aromatic heterocycles. The van der Waals surface area contributed by atoms with E-state index in [0.717, 1.165) is 25.7 Å². The van der Waals surface area contributed by atoms with Crippen LogP contribution in [0.4, 0.5) is 0 Å². The zero-order chi connectivity index (χ0) is 11.0. The van der Waals surface area contributed by atoms with Gasteiger partial charge in [-0.3, -0.25) is 4.79 Å². The summed E-state index contributed by atoms with van der Waals surface area (Å²) in [6, 6.07) is 0. The van der Waals surface area contributed by atoms with Crippen LogP contribution in [0.25, 0.3) is 0 Å². The van der Waals surface area contributed by atoms with Crippen molar-refractivity contribution in [3.63, 3.8) is 0 Å². The third-order valence-electron chi connectivity index (χ3n) is 4.08. The molecule has 1 saturated carbocycles. The highest BCUT2D eigenvalue weighted by atomic mass is 16.7. The van der Waals surface area contributed by atoms with Crippen molar-refractivity contribution in [2.24, 2.45) is 11.8 Å². The minimum atomic E-state index is -0.422. The highest BCUT2D eigenvalue weighted by Gasteiger charge is 2.46. The Bertz CT molecular complexity index is 315. The molecule has 3 rings (SSSR count). The number of ether oxygens (including phenoxy) is 2. The maximum Gasteiger partial charge on any atom is 0.169 e. The Morgan fingerprint density at radius 3 is 2.81 bits per heavy atom. The van der Waals surface area contributed by atoms with Crippen molar-refractivity contribution in [3.05, 3.63) is 12.2 Å². The summed E-state index contributed by atoms with van der Waals surface area (Å²) in [5.74, 6) is 0.541. The van der Waals surface area contributed by atoms with Crippen LogP contribution >= 0.6 is 0 Å². The third kappa shape index (κ3) is 1.72. The molecule has 0 bridgehead atoms. The van der Waals surface area contributed by atoms with E-state index in [1.165, 1.54) is 0 Å². The maximum absolute atomic E-state index is 12.0. The van der Waals surface area contributed by atoms with E-state index in [0.29, 0.717) is 31.3 Å². The Hall–Kier alpha value is -0.670. The van der Waals surface area contributed by atoms with Crippen LogP contribution in [0.5, 0.6) is 0 Å². The second kappa shape index (κ2) is 3.97. The summed E-state index contributed by atoms with van der Waals surface area (Å²) in [4.78, 5) is 12.0. The van der Waals surface area contributed by atoms with E-state index in [4.69, 9.17) is 9.47 Å². The van der Waals surface area contributed by atoms with Crippen LogP contribution in [0.2, 0.25) is 0 Å². The van der Waals surface area contributed by atoms with Gasteiger partial charge >= 0.3 is 0 Å². The first kappa shape index (κ1) is 10.5. The summed E-state index contributed by atoms with van der Waals surface area (Å²) < 4.78 is 11.4. The van der Waals surface area contributed by atoms with Crippen LogP contribution in [-0.2, 0) is 14.3 Å². The standard InChI is InChI=1S/C13H18O3/c14-12-5-6-13(15-7-8-16-13)9-11(12)10-3-1-2-4-10/h1,3,10-11H,2,4-9H2. The quantitative estimate of drug-likeness (QED) is 0.637. The van der Waals surface area contributed by atoms with Gasteiger partial charge in [-0.25, -0.2) is 0 Å². The second-order valence-corrected chi connectivity index (χ2v) is 5.05. The Kier molecular flexibility index (Phi) is 2.60. The number of hydrogen-bond donors (Lipinski definition) is 0. The predicted molar refractivity (Wildman–Crippen MR) is 58.8 cm³/mol. The molecule has 2 aliphatic carbocycles. The number of allylic oxidation sites excluding steroid dienone is 2. The van der Waals surface area contributed by atoms with Gasteiger partial charge in [-0.05, 0) is 18.8 Å². The van der Waals surface area contributed by atoms with Crippen molar-refractivity contribution in [2.45, 2.75) is 37.9 Å². The largest absolute Gasteiger partial charge is 0.347 e. The number of carbonyl (C=O) groups excluding carboxylic acids is 1. The fourth-order valence-corrected chi connectivity index (χ4v) is 3.19. The first-order valence-electron chi connectivity index (χ1n) is 6.26. The fourth-order valence-electron chi connectivity index (χ4n) is 3.19. The normalized spacial score (nSPS) is 37.4. The molecule has 2 atom stereocenters. The molecule has 0 aromatic carbocycles. The van der Waals surface area contributed by atoms with E-state index in [9.17, 15) is 4.79 Å². The lowest BCUT2D eigenvalue weighted by molar-refractivity contribution is -0.191. The predicted octanol–water partition coefficient (Wildman–Crippen LogP) is 2.06. The molecule has 3 heteroatoms. The van der Waals surface area contributed by atoms with Crippen LogP contribution in [0.3, 0.4) is 0 Å². The minimum absolute atomic E-state index is 0.130. The average molecular weight is 222 g/mol. The third-order valence-corrected chi connectivity index (χ3v) is 4.08. The molecule has 16 heavy (non-hydrogen) atoms. The van der Waals surface area contributed by atoms with Crippen molar-refractivity contribution in [2.75, 3.05) is 13.2 Å². The summed E-state index contributed by atoms with van der Waals surface area (Å²) in [5, 5.41) is 0. The second-order valence-electron chi connectivity index (χ2n) is 5.05. The van der Waals surface area contributed by atoms with E-state index < -0.39 is 5.79 Å². The van der Waals surface area contributed by atoms with Gasteiger partial charge in [0.2, 0.25) is 0 Å². The van der Waals surface area contributed by atoms with Gasteiger partial charge in [-0.2, -0.15) is 0 Å². The van der Waals surface area contributed by atoms with E-state index in [-0.39, 0.29) is 5.92 Å². The molecule has 0 N–H and O–H groups in total. The summed E-state index contributed by atoms with van der Waals surface area (Å²) >= 11 is 0. The summed E-state index contributed by atoms with van der Waals surface area (Å²) in [5.41, 5.74) is 0. The molecule has 1 heterocycles. The highest BCUT2D eigenvalue weighted by Crippen LogP contribution is 2.42. The minimum Gasteiger partial charge on any atom is -0.347 e. The van der Waals surface area contributed by atoms with Crippen molar-refractivity contribution < 1.29 is 14.3 Å². The molecule has 2 fully saturated rings. The first-order chi connectivity index (χ1) is 7.79. The van der Waals surface area contributed by atoms with Gasteiger partial charge in [0.25, 0.3) is 0 Å². The van der Waals surface area contributed by atoms with Crippen LogP contribution in [0.1, 0.15) is 32.1 Å². The highest BCUT2D eigenvalue weighted by molar-refractivity contribution is 5.82. The van der Waals surface area contributed by atoms with Gasteiger partial charge < -0.3 is 9.47 Å². The lowest BCUT2D eigenvalue weighted by Gasteiger charge is -2.37. The molecule has 1 spiro atoms. The molecule has 2 unspecified atom stereocenters. The van der Waals surface area contributed by atoms with Gasteiger partial charge in [0.1, 0.15) is 5.78 Å². The molecule has 0 radical (unpaired) electrons. The van der Waals surface area contributed by atoms with E-state index in [1.807, 2.05) is 0 Å². The van der Waals surface area contributed by atoms with Gasteiger partial charge in [-0.1, -0.05) is 12.2 Å². The number of Topliss-reactive ketones (excluding diaryl/α,β-unsaturated/α-hetero) is 1. The van der Waals surface area contributed by atoms with Crippen molar-refractivity contribution >= 4 is 5.78 Å².